The lowest BCUT2D eigenvalue weighted by Crippen LogP contribution is -2.37. The minimum Gasteiger partial charge on any atom is -0.343 e. The fraction of sp³-hybridized carbons (Fsp3) is 0.474. The monoisotopic (exact) mass is 311 g/mol. The topological polar surface area (TPSA) is 38.1 Å². The number of piperidine rings is 1. The van der Waals surface area contributed by atoms with Crippen molar-refractivity contribution in [3.63, 3.8) is 0 Å². The molecule has 0 radical (unpaired) electrons. The highest BCUT2D eigenvalue weighted by Crippen LogP contribution is 2.28. The standard InChI is InChI=1S/C19H25N3O/c1-3-5-19(23)21-10-8-16(9-11-21)17-13-20-22(14-17)18-7-4-6-15(2)12-18/h4,6-7,12-14,16H,3,5,8-11H2,1-2H3. The van der Waals surface area contributed by atoms with Gasteiger partial charge in [-0.3, -0.25) is 4.79 Å². The van der Waals surface area contributed by atoms with Crippen LogP contribution < -0.4 is 0 Å². The van der Waals surface area contributed by atoms with Crippen LogP contribution in [0.5, 0.6) is 0 Å². The molecule has 2 heterocycles. The molecule has 2 aromatic rings. The number of aromatic nitrogens is 2. The van der Waals surface area contributed by atoms with Gasteiger partial charge >= 0.3 is 0 Å². The SMILES string of the molecule is CCCC(=O)N1CCC(c2cnn(-c3cccc(C)c3)c2)CC1. The van der Waals surface area contributed by atoms with Gasteiger partial charge in [0, 0.05) is 25.7 Å². The molecule has 4 heteroatoms. The molecule has 1 aliphatic rings. The van der Waals surface area contributed by atoms with Gasteiger partial charge in [0.1, 0.15) is 0 Å². The lowest BCUT2D eigenvalue weighted by atomic mass is 9.91. The zero-order valence-corrected chi connectivity index (χ0v) is 14.0. The fourth-order valence-electron chi connectivity index (χ4n) is 3.29. The number of amides is 1. The molecule has 0 atom stereocenters. The molecule has 0 spiro atoms. The number of hydrogen-bond acceptors (Lipinski definition) is 2. The van der Waals surface area contributed by atoms with Crippen LogP contribution in [0.1, 0.15) is 49.7 Å². The third kappa shape index (κ3) is 3.63. The third-order valence-corrected chi connectivity index (χ3v) is 4.65. The van der Waals surface area contributed by atoms with Gasteiger partial charge in [0.2, 0.25) is 5.91 Å². The molecule has 4 nitrogen and oxygen atoms in total. The Morgan fingerprint density at radius 3 is 2.78 bits per heavy atom. The summed E-state index contributed by atoms with van der Waals surface area (Å²) in [6, 6.07) is 8.37. The molecule has 1 saturated heterocycles. The molecule has 1 aromatic carbocycles. The van der Waals surface area contributed by atoms with Crippen LogP contribution in [-0.4, -0.2) is 33.7 Å². The van der Waals surface area contributed by atoms with Crippen molar-refractivity contribution in [1.29, 1.82) is 0 Å². The summed E-state index contributed by atoms with van der Waals surface area (Å²) in [6.07, 6.45) is 7.81. The normalized spacial score (nSPS) is 15.8. The predicted molar refractivity (Wildman–Crippen MR) is 91.8 cm³/mol. The first-order valence-corrected chi connectivity index (χ1v) is 8.56. The van der Waals surface area contributed by atoms with E-state index in [1.165, 1.54) is 11.1 Å². The number of hydrogen-bond donors (Lipinski definition) is 0. The molecular weight excluding hydrogens is 286 g/mol. The number of aryl methyl sites for hydroxylation is 1. The molecule has 0 aliphatic carbocycles. The van der Waals surface area contributed by atoms with Crippen LogP contribution in [0, 0.1) is 6.92 Å². The number of benzene rings is 1. The maximum atomic E-state index is 12.0. The van der Waals surface area contributed by atoms with Gasteiger partial charge < -0.3 is 4.90 Å². The molecule has 1 fully saturated rings. The molecule has 1 amide bonds. The van der Waals surface area contributed by atoms with Crippen LogP contribution in [0.3, 0.4) is 0 Å². The van der Waals surface area contributed by atoms with Crippen molar-refractivity contribution in [2.45, 2.75) is 45.4 Å². The van der Waals surface area contributed by atoms with Crippen LogP contribution in [0.15, 0.2) is 36.7 Å². The van der Waals surface area contributed by atoms with Gasteiger partial charge in [-0.05, 0) is 55.4 Å². The quantitative estimate of drug-likeness (QED) is 0.864. The second-order valence-corrected chi connectivity index (χ2v) is 6.46. The summed E-state index contributed by atoms with van der Waals surface area (Å²) in [7, 11) is 0. The van der Waals surface area contributed by atoms with E-state index in [0.717, 1.165) is 38.0 Å². The summed E-state index contributed by atoms with van der Waals surface area (Å²) in [5.41, 5.74) is 3.63. The number of carbonyl (C=O) groups is 1. The lowest BCUT2D eigenvalue weighted by molar-refractivity contribution is -0.132. The molecule has 0 bridgehead atoms. The third-order valence-electron chi connectivity index (χ3n) is 4.65. The Hall–Kier alpha value is -2.10. The molecule has 0 N–H and O–H groups in total. The summed E-state index contributed by atoms with van der Waals surface area (Å²) in [4.78, 5) is 14.0. The Morgan fingerprint density at radius 1 is 1.30 bits per heavy atom. The van der Waals surface area contributed by atoms with Crippen molar-refractivity contribution in [1.82, 2.24) is 14.7 Å². The van der Waals surface area contributed by atoms with Crippen LogP contribution in [-0.2, 0) is 4.79 Å². The van der Waals surface area contributed by atoms with Gasteiger partial charge in [-0.25, -0.2) is 4.68 Å². The van der Waals surface area contributed by atoms with E-state index in [1.54, 1.807) is 0 Å². The first kappa shape index (κ1) is 15.8. The van der Waals surface area contributed by atoms with Crippen molar-refractivity contribution in [2.75, 3.05) is 13.1 Å². The maximum absolute atomic E-state index is 12.0. The predicted octanol–water partition coefficient (Wildman–Crippen LogP) is 3.69. The number of rotatable bonds is 4. The molecule has 0 unspecified atom stereocenters. The largest absolute Gasteiger partial charge is 0.343 e. The van der Waals surface area contributed by atoms with Crippen molar-refractivity contribution >= 4 is 5.91 Å². The van der Waals surface area contributed by atoms with Crippen molar-refractivity contribution in [3.05, 3.63) is 47.8 Å². The van der Waals surface area contributed by atoms with Crippen LogP contribution in [0.25, 0.3) is 5.69 Å². The maximum Gasteiger partial charge on any atom is 0.222 e. The highest BCUT2D eigenvalue weighted by molar-refractivity contribution is 5.76. The van der Waals surface area contributed by atoms with E-state index in [1.807, 2.05) is 15.8 Å². The molecule has 0 saturated carbocycles. The molecule has 23 heavy (non-hydrogen) atoms. The minimum atomic E-state index is 0.307. The van der Waals surface area contributed by atoms with E-state index < -0.39 is 0 Å². The molecule has 3 rings (SSSR count). The molecular formula is C19H25N3O. The smallest absolute Gasteiger partial charge is 0.222 e. The number of carbonyl (C=O) groups excluding carboxylic acids is 1. The van der Waals surface area contributed by atoms with Crippen LogP contribution >= 0.6 is 0 Å². The summed E-state index contributed by atoms with van der Waals surface area (Å²) in [5, 5.41) is 4.52. The second kappa shape index (κ2) is 6.99. The van der Waals surface area contributed by atoms with Gasteiger partial charge in [-0.15, -0.1) is 0 Å². The Kier molecular flexibility index (Phi) is 4.79. The molecule has 1 aromatic heterocycles. The van der Waals surface area contributed by atoms with E-state index in [4.69, 9.17) is 0 Å². The molecule has 122 valence electrons. The Bertz CT molecular complexity index is 669. The van der Waals surface area contributed by atoms with Gasteiger partial charge in [-0.2, -0.15) is 5.10 Å². The Balaban J connectivity index is 1.65. The highest BCUT2D eigenvalue weighted by atomic mass is 16.2. The van der Waals surface area contributed by atoms with Gasteiger partial charge in [0.15, 0.2) is 0 Å². The Morgan fingerprint density at radius 2 is 2.09 bits per heavy atom. The fourth-order valence-corrected chi connectivity index (χ4v) is 3.29. The Labute approximate surface area is 138 Å². The van der Waals surface area contributed by atoms with E-state index in [-0.39, 0.29) is 0 Å². The summed E-state index contributed by atoms with van der Waals surface area (Å²) < 4.78 is 1.96. The number of nitrogens with zero attached hydrogens (tertiary/aromatic N) is 3. The second-order valence-electron chi connectivity index (χ2n) is 6.46. The summed E-state index contributed by atoms with van der Waals surface area (Å²) >= 11 is 0. The van der Waals surface area contributed by atoms with Crippen LogP contribution in [0.2, 0.25) is 0 Å². The average Bonchev–Trinajstić information content (AvgIpc) is 3.05. The van der Waals surface area contributed by atoms with Crippen molar-refractivity contribution < 1.29 is 4.79 Å². The highest BCUT2D eigenvalue weighted by Gasteiger charge is 2.24. The van der Waals surface area contributed by atoms with Gasteiger partial charge in [0.25, 0.3) is 0 Å². The van der Waals surface area contributed by atoms with Crippen molar-refractivity contribution in [2.24, 2.45) is 0 Å². The average molecular weight is 311 g/mol. The van der Waals surface area contributed by atoms with E-state index in [0.29, 0.717) is 18.2 Å². The zero-order valence-electron chi connectivity index (χ0n) is 14.0. The summed E-state index contributed by atoms with van der Waals surface area (Å²) in [6.45, 7) is 5.90. The first-order chi connectivity index (χ1) is 11.2. The van der Waals surface area contributed by atoms with Crippen molar-refractivity contribution in [3.8, 4) is 5.69 Å². The van der Waals surface area contributed by atoms with E-state index >= 15 is 0 Å². The van der Waals surface area contributed by atoms with E-state index in [2.05, 4.69) is 49.4 Å². The van der Waals surface area contributed by atoms with E-state index in [9.17, 15) is 4.79 Å². The lowest BCUT2D eigenvalue weighted by Gasteiger charge is -2.31. The van der Waals surface area contributed by atoms with Gasteiger partial charge in [-0.1, -0.05) is 19.1 Å². The minimum absolute atomic E-state index is 0.307. The number of likely N-dealkylation sites (tertiary alicyclic amines) is 1. The van der Waals surface area contributed by atoms with Gasteiger partial charge in [0.05, 0.1) is 11.9 Å². The summed E-state index contributed by atoms with van der Waals surface area (Å²) in [5.74, 6) is 0.820. The first-order valence-electron chi connectivity index (χ1n) is 8.56. The van der Waals surface area contributed by atoms with Crippen LogP contribution in [0.4, 0.5) is 0 Å². The zero-order chi connectivity index (χ0) is 16.2. The molecule has 1 aliphatic heterocycles.